The number of rotatable bonds is 5. The lowest BCUT2D eigenvalue weighted by Gasteiger charge is -2.31. The topological polar surface area (TPSA) is 72.9 Å². The molecule has 5 nitrogen and oxygen atoms in total. The van der Waals surface area contributed by atoms with Gasteiger partial charge in [0.05, 0.1) is 5.54 Å². The molecule has 0 aliphatic heterocycles. The summed E-state index contributed by atoms with van der Waals surface area (Å²) in [6, 6.07) is 0. The summed E-state index contributed by atoms with van der Waals surface area (Å²) in [5, 5.41) is 2.98. The van der Waals surface area contributed by atoms with Crippen LogP contribution in [0.3, 0.4) is 0 Å². The molecule has 0 fully saturated rings. The van der Waals surface area contributed by atoms with E-state index in [0.29, 0.717) is 12.4 Å². The summed E-state index contributed by atoms with van der Waals surface area (Å²) < 4.78 is 1.70. The minimum Gasteiger partial charge on any atom is -0.343 e. The molecule has 0 radical (unpaired) electrons. The predicted octanol–water partition coefficient (Wildman–Crippen LogP) is 0.667. The highest BCUT2D eigenvalue weighted by molar-refractivity contribution is 5.91. The van der Waals surface area contributed by atoms with Crippen LogP contribution in [-0.4, -0.2) is 27.5 Å². The minimum absolute atomic E-state index is 0.165. The highest BCUT2D eigenvalue weighted by Crippen LogP contribution is 2.13. The van der Waals surface area contributed by atoms with Crippen molar-refractivity contribution in [2.45, 2.75) is 32.2 Å². The van der Waals surface area contributed by atoms with Crippen molar-refractivity contribution in [2.24, 2.45) is 12.8 Å². The van der Waals surface area contributed by atoms with Gasteiger partial charge in [0.15, 0.2) is 5.82 Å². The van der Waals surface area contributed by atoms with Crippen molar-refractivity contribution in [1.29, 1.82) is 0 Å². The van der Waals surface area contributed by atoms with E-state index < -0.39 is 0 Å². The van der Waals surface area contributed by atoms with Crippen LogP contribution in [0.25, 0.3) is 0 Å². The molecular weight excluding hydrogens is 204 g/mol. The Morgan fingerprint density at radius 1 is 1.56 bits per heavy atom. The van der Waals surface area contributed by atoms with Gasteiger partial charge < -0.3 is 15.6 Å². The third-order valence-electron chi connectivity index (χ3n) is 3.15. The van der Waals surface area contributed by atoms with Gasteiger partial charge in [-0.2, -0.15) is 0 Å². The predicted molar refractivity (Wildman–Crippen MR) is 63.0 cm³/mol. The maximum Gasteiger partial charge on any atom is 0.287 e. The molecule has 0 bridgehead atoms. The van der Waals surface area contributed by atoms with Crippen LogP contribution in [0.2, 0.25) is 0 Å². The largest absolute Gasteiger partial charge is 0.343 e. The van der Waals surface area contributed by atoms with Gasteiger partial charge in [-0.15, -0.1) is 0 Å². The summed E-state index contributed by atoms with van der Waals surface area (Å²) in [5.74, 6) is 0.251. The summed E-state index contributed by atoms with van der Waals surface area (Å²) in [4.78, 5) is 16.0. The Kier molecular flexibility index (Phi) is 4.06. The van der Waals surface area contributed by atoms with E-state index >= 15 is 0 Å². The summed E-state index contributed by atoms with van der Waals surface area (Å²) >= 11 is 0. The average molecular weight is 224 g/mol. The molecule has 5 heteroatoms. The number of amides is 1. The van der Waals surface area contributed by atoms with E-state index in [1.807, 2.05) is 13.8 Å². The third-order valence-corrected chi connectivity index (χ3v) is 3.15. The number of nitrogens with two attached hydrogens (primary N) is 1. The molecule has 0 spiro atoms. The molecule has 0 saturated heterocycles. The second-order valence-corrected chi connectivity index (χ2v) is 4.01. The maximum absolute atomic E-state index is 12.0. The standard InChI is InChI=1S/C11H20N4O/c1-4-11(5-2,8-12)14-10(16)9-13-6-7-15(9)3/h6-7H,4-5,8,12H2,1-3H3,(H,14,16). The third kappa shape index (κ3) is 2.41. The number of carbonyl (C=O) groups excluding carboxylic acids is 1. The average Bonchev–Trinajstić information content (AvgIpc) is 2.72. The maximum atomic E-state index is 12.0. The van der Waals surface area contributed by atoms with E-state index in [0.717, 1.165) is 12.8 Å². The zero-order chi connectivity index (χ0) is 12.2. The smallest absolute Gasteiger partial charge is 0.287 e. The number of nitrogens with one attached hydrogen (secondary N) is 1. The van der Waals surface area contributed by atoms with Crippen LogP contribution in [0.1, 0.15) is 37.3 Å². The van der Waals surface area contributed by atoms with Crippen molar-refractivity contribution in [3.8, 4) is 0 Å². The lowest BCUT2D eigenvalue weighted by molar-refractivity contribution is 0.0881. The van der Waals surface area contributed by atoms with Crippen LogP contribution in [0.15, 0.2) is 12.4 Å². The lowest BCUT2D eigenvalue weighted by Crippen LogP contribution is -2.53. The van der Waals surface area contributed by atoms with Gasteiger partial charge in [0, 0.05) is 26.0 Å². The molecule has 0 saturated carbocycles. The normalized spacial score (nSPS) is 11.5. The van der Waals surface area contributed by atoms with Gasteiger partial charge in [-0.1, -0.05) is 13.8 Å². The number of imidazole rings is 1. The number of aryl methyl sites for hydroxylation is 1. The fourth-order valence-corrected chi connectivity index (χ4v) is 1.65. The van der Waals surface area contributed by atoms with E-state index in [4.69, 9.17) is 5.73 Å². The van der Waals surface area contributed by atoms with Crippen molar-refractivity contribution < 1.29 is 4.79 Å². The molecule has 90 valence electrons. The molecule has 1 aromatic heterocycles. The molecule has 0 atom stereocenters. The van der Waals surface area contributed by atoms with Gasteiger partial charge in [-0.3, -0.25) is 4.79 Å². The van der Waals surface area contributed by atoms with E-state index in [-0.39, 0.29) is 11.4 Å². The first-order valence-corrected chi connectivity index (χ1v) is 5.58. The van der Waals surface area contributed by atoms with Crippen molar-refractivity contribution in [2.75, 3.05) is 6.54 Å². The van der Waals surface area contributed by atoms with Crippen molar-refractivity contribution in [1.82, 2.24) is 14.9 Å². The SMILES string of the molecule is CCC(CC)(CN)NC(=O)c1nccn1C. The van der Waals surface area contributed by atoms with Gasteiger partial charge in [0.25, 0.3) is 5.91 Å². The van der Waals surface area contributed by atoms with Crippen LogP contribution in [0.5, 0.6) is 0 Å². The molecule has 0 aromatic carbocycles. The second kappa shape index (κ2) is 5.12. The number of hydrogen-bond donors (Lipinski definition) is 2. The first-order chi connectivity index (χ1) is 7.58. The van der Waals surface area contributed by atoms with Crippen LogP contribution in [0, 0.1) is 0 Å². The van der Waals surface area contributed by atoms with Crippen LogP contribution >= 0.6 is 0 Å². The minimum atomic E-state index is -0.316. The zero-order valence-corrected chi connectivity index (χ0v) is 10.2. The molecular formula is C11H20N4O. The quantitative estimate of drug-likeness (QED) is 0.772. The molecule has 1 amide bonds. The molecule has 0 aliphatic rings. The van der Waals surface area contributed by atoms with Gasteiger partial charge in [-0.25, -0.2) is 4.98 Å². The Balaban J connectivity index is 2.81. The van der Waals surface area contributed by atoms with Gasteiger partial charge >= 0.3 is 0 Å². The molecule has 1 rings (SSSR count). The fourth-order valence-electron chi connectivity index (χ4n) is 1.65. The van der Waals surface area contributed by atoms with Crippen LogP contribution < -0.4 is 11.1 Å². The van der Waals surface area contributed by atoms with Crippen molar-refractivity contribution >= 4 is 5.91 Å². The summed E-state index contributed by atoms with van der Waals surface area (Å²) in [5.41, 5.74) is 5.41. The fraction of sp³-hybridized carbons (Fsp3) is 0.636. The zero-order valence-electron chi connectivity index (χ0n) is 10.2. The monoisotopic (exact) mass is 224 g/mol. The number of aromatic nitrogens is 2. The van der Waals surface area contributed by atoms with Crippen LogP contribution in [0.4, 0.5) is 0 Å². The van der Waals surface area contributed by atoms with Crippen LogP contribution in [-0.2, 0) is 7.05 Å². The molecule has 1 heterocycles. The molecule has 16 heavy (non-hydrogen) atoms. The van der Waals surface area contributed by atoms with Gasteiger partial charge in [0.2, 0.25) is 0 Å². The molecule has 1 aromatic rings. The van der Waals surface area contributed by atoms with E-state index in [1.165, 1.54) is 0 Å². The number of hydrogen-bond acceptors (Lipinski definition) is 3. The van der Waals surface area contributed by atoms with E-state index in [1.54, 1.807) is 24.0 Å². The Morgan fingerprint density at radius 2 is 2.19 bits per heavy atom. The Labute approximate surface area is 96.0 Å². The molecule has 0 aliphatic carbocycles. The van der Waals surface area contributed by atoms with Gasteiger partial charge in [-0.05, 0) is 12.8 Å². The highest BCUT2D eigenvalue weighted by Gasteiger charge is 2.27. The first kappa shape index (κ1) is 12.7. The summed E-state index contributed by atoms with van der Waals surface area (Å²) in [6.07, 6.45) is 4.99. The first-order valence-electron chi connectivity index (χ1n) is 5.58. The van der Waals surface area contributed by atoms with E-state index in [2.05, 4.69) is 10.3 Å². The number of carbonyl (C=O) groups is 1. The Morgan fingerprint density at radius 3 is 2.56 bits per heavy atom. The van der Waals surface area contributed by atoms with E-state index in [9.17, 15) is 4.79 Å². The summed E-state index contributed by atoms with van der Waals surface area (Å²) in [6.45, 7) is 4.49. The second-order valence-electron chi connectivity index (χ2n) is 4.01. The molecule has 3 N–H and O–H groups in total. The summed E-state index contributed by atoms with van der Waals surface area (Å²) in [7, 11) is 1.80. The van der Waals surface area contributed by atoms with Gasteiger partial charge in [0.1, 0.15) is 0 Å². The Hall–Kier alpha value is -1.36. The molecule has 0 unspecified atom stereocenters. The highest BCUT2D eigenvalue weighted by atomic mass is 16.2. The van der Waals surface area contributed by atoms with Crippen molar-refractivity contribution in [3.05, 3.63) is 18.2 Å². The number of nitrogens with zero attached hydrogens (tertiary/aromatic N) is 2. The van der Waals surface area contributed by atoms with Crippen molar-refractivity contribution in [3.63, 3.8) is 0 Å². The Bertz CT molecular complexity index is 346. The lowest BCUT2D eigenvalue weighted by atomic mass is 9.93.